The molecular weight excluding hydrogens is 1110 g/mol. The number of aromatic nitrogens is 3. The van der Waals surface area contributed by atoms with Gasteiger partial charge >= 0.3 is 0 Å². The molecule has 6 nitrogen and oxygen atoms in total. The average Bonchev–Trinajstić information content (AvgIpc) is 4.13. The number of benzene rings is 6. The minimum absolute atomic E-state index is 0.581. The lowest BCUT2D eigenvalue weighted by atomic mass is 10.0. The lowest BCUT2D eigenvalue weighted by molar-refractivity contribution is 0.111. The third-order valence-electron chi connectivity index (χ3n) is 11.5. The van der Waals surface area contributed by atoms with E-state index in [0.717, 1.165) is 89.0 Å². The first kappa shape index (κ1) is 57.1. The van der Waals surface area contributed by atoms with Gasteiger partial charge in [0.2, 0.25) is 0 Å². The fourth-order valence-corrected chi connectivity index (χ4v) is 10.8. The Bertz CT molecular complexity index is 3060. The van der Waals surface area contributed by atoms with Gasteiger partial charge in [-0.1, -0.05) is 182 Å². The summed E-state index contributed by atoms with van der Waals surface area (Å²) in [5.41, 5.74) is 12.9. The van der Waals surface area contributed by atoms with Gasteiger partial charge < -0.3 is 14.5 Å². The monoisotopic (exact) mass is 1160 g/mol. The van der Waals surface area contributed by atoms with Gasteiger partial charge in [-0.15, -0.1) is 34.0 Å². The Hall–Kier alpha value is -5.64. The first-order valence-electron chi connectivity index (χ1n) is 23.9. The maximum Gasteiger partial charge on any atom is 0.197 e. The van der Waals surface area contributed by atoms with Crippen LogP contribution in [-0.4, -0.2) is 34.0 Å². The third kappa shape index (κ3) is 17.2. The molecular formula is C60H54Cl3N3O3S6. The highest BCUT2D eigenvalue weighted by Crippen LogP contribution is 2.28. The average molecular weight is 1160 g/mol. The molecule has 6 aromatic carbocycles. The maximum atomic E-state index is 5.96. The molecule has 3 heterocycles. The van der Waals surface area contributed by atoms with E-state index in [1.54, 1.807) is 14.2 Å². The summed E-state index contributed by atoms with van der Waals surface area (Å²) in [5, 5.41) is 8.16. The molecule has 0 aliphatic rings. The Morgan fingerprint density at radius 2 is 0.613 bits per heavy atom. The van der Waals surface area contributed by atoms with Crippen molar-refractivity contribution in [2.24, 2.45) is 0 Å². The van der Waals surface area contributed by atoms with Crippen molar-refractivity contribution in [3.8, 4) is 33.8 Å². The highest BCUT2D eigenvalue weighted by molar-refractivity contribution is 7.74. The van der Waals surface area contributed by atoms with Gasteiger partial charge in [0.15, 0.2) is 11.9 Å². The quantitative estimate of drug-likeness (QED) is 0.0528. The maximum absolute atomic E-state index is 5.96. The highest BCUT2D eigenvalue weighted by atomic mass is 35.5. The van der Waals surface area contributed by atoms with Crippen LogP contribution in [0, 0.1) is 11.9 Å². The number of hydrogen-bond acceptors (Lipinski definition) is 9. The molecule has 0 fully saturated rings. The number of hydrogen-bond donors (Lipinski definition) is 0. The molecule has 0 saturated heterocycles. The van der Waals surface area contributed by atoms with E-state index in [1.165, 1.54) is 50.7 Å². The van der Waals surface area contributed by atoms with E-state index in [0.29, 0.717) is 46.8 Å². The van der Waals surface area contributed by atoms with Crippen molar-refractivity contribution in [2.75, 3.05) is 19.8 Å². The highest BCUT2D eigenvalue weighted by Gasteiger charge is 2.12. The predicted octanol–water partition coefficient (Wildman–Crippen LogP) is 19.6. The van der Waals surface area contributed by atoms with Crippen molar-refractivity contribution < 1.29 is 14.5 Å². The second-order valence-electron chi connectivity index (χ2n) is 16.8. The molecule has 0 bridgehead atoms. The van der Waals surface area contributed by atoms with E-state index in [-0.39, 0.29) is 0 Å². The van der Waals surface area contributed by atoms with Crippen LogP contribution in [0.25, 0.3) is 50.5 Å². The number of nitrogens with zero attached hydrogens (tertiary/aromatic N) is 3. The van der Waals surface area contributed by atoms with E-state index in [4.69, 9.17) is 86.0 Å². The molecule has 0 spiro atoms. The summed E-state index contributed by atoms with van der Waals surface area (Å²) in [6, 6.07) is 53.7. The molecule has 9 aromatic rings. The Kier molecular flexibility index (Phi) is 22.5. The fourth-order valence-electron chi connectivity index (χ4n) is 7.46. The minimum atomic E-state index is 0.581. The van der Waals surface area contributed by atoms with Crippen LogP contribution in [0.2, 0.25) is 15.1 Å². The van der Waals surface area contributed by atoms with Gasteiger partial charge in [0.05, 0.1) is 17.1 Å². The van der Waals surface area contributed by atoms with Crippen molar-refractivity contribution in [1.82, 2.24) is 14.2 Å². The number of rotatable bonds is 21. The Morgan fingerprint density at radius 3 is 0.853 bits per heavy atom. The van der Waals surface area contributed by atoms with E-state index in [2.05, 4.69) is 56.1 Å². The van der Waals surface area contributed by atoms with Gasteiger partial charge in [0.25, 0.3) is 0 Å². The molecule has 0 aliphatic carbocycles. The second kappa shape index (κ2) is 29.6. The number of thiazole rings is 3. The van der Waals surface area contributed by atoms with Gasteiger partial charge in [0, 0.05) is 47.9 Å². The van der Waals surface area contributed by atoms with Crippen LogP contribution in [0.1, 0.15) is 55.2 Å². The summed E-state index contributed by atoms with van der Waals surface area (Å²) in [5.74, 6) is 0. The standard InChI is InChI=1S/3C20H18ClNOS2/c3*1-15(16-7-3-2-4-8-16)6-5-13-23-22-19(14-25-20(22)24)17-9-11-18(21)12-10-17/h3*2-4,7-12,14H,1,5-6,13H2. The Morgan fingerprint density at radius 1 is 0.373 bits per heavy atom. The zero-order chi connectivity index (χ0) is 52.9. The smallest absolute Gasteiger partial charge is 0.197 e. The van der Waals surface area contributed by atoms with Crippen molar-refractivity contribution >= 4 is 122 Å². The summed E-state index contributed by atoms with van der Waals surface area (Å²) in [4.78, 5) is 17.8. The van der Waals surface area contributed by atoms with Crippen LogP contribution in [0.5, 0.6) is 0 Å². The van der Waals surface area contributed by atoms with Gasteiger partial charge in [-0.05, 0) is 145 Å². The molecule has 0 radical (unpaired) electrons. The van der Waals surface area contributed by atoms with E-state index >= 15 is 0 Å². The van der Waals surface area contributed by atoms with Gasteiger partial charge in [0.1, 0.15) is 19.8 Å². The van der Waals surface area contributed by atoms with Gasteiger partial charge in [-0.25, -0.2) is 0 Å². The molecule has 0 amide bonds. The largest absolute Gasteiger partial charge is 0.412 e. The first-order valence-corrected chi connectivity index (χ1v) is 28.9. The normalized spacial score (nSPS) is 10.6. The summed E-state index contributed by atoms with van der Waals surface area (Å²) in [6.07, 6.45) is 5.30. The molecule has 9 rings (SSSR count). The number of allylic oxidation sites excluding steroid dienone is 3. The van der Waals surface area contributed by atoms with E-state index in [1.807, 2.05) is 144 Å². The Labute approximate surface area is 482 Å². The lowest BCUT2D eigenvalue weighted by Crippen LogP contribution is -2.14. The molecule has 75 heavy (non-hydrogen) atoms. The fraction of sp³-hybridized carbons (Fsp3) is 0.150. The lowest BCUT2D eigenvalue weighted by Gasteiger charge is -2.11. The van der Waals surface area contributed by atoms with Crippen LogP contribution in [-0.2, 0) is 0 Å². The van der Waals surface area contributed by atoms with E-state index in [9.17, 15) is 0 Å². The zero-order valence-corrected chi connectivity index (χ0v) is 48.1. The minimum Gasteiger partial charge on any atom is -0.412 e. The summed E-state index contributed by atoms with van der Waals surface area (Å²) in [7, 11) is 0. The molecule has 0 unspecified atom stereocenters. The molecule has 384 valence electrons. The van der Waals surface area contributed by atoms with Crippen LogP contribution < -0.4 is 14.5 Å². The zero-order valence-electron chi connectivity index (χ0n) is 41.0. The van der Waals surface area contributed by atoms with Gasteiger partial charge in [-0.2, -0.15) is 14.2 Å². The summed E-state index contributed by atoms with van der Waals surface area (Å²) >= 11 is 38.5. The van der Waals surface area contributed by atoms with Crippen LogP contribution in [0.4, 0.5) is 0 Å². The summed E-state index contributed by atoms with van der Waals surface area (Å²) < 4.78 is 7.29. The molecule has 0 atom stereocenters. The van der Waals surface area contributed by atoms with Crippen LogP contribution in [0.3, 0.4) is 0 Å². The third-order valence-corrected chi connectivity index (χ3v) is 15.7. The molecule has 0 N–H and O–H groups in total. The first-order chi connectivity index (χ1) is 36.4. The molecule has 0 saturated carbocycles. The molecule has 15 heteroatoms. The topological polar surface area (TPSA) is 42.5 Å². The van der Waals surface area contributed by atoms with Crippen molar-refractivity contribution in [3.05, 3.63) is 243 Å². The van der Waals surface area contributed by atoms with E-state index < -0.39 is 0 Å². The SMILES string of the molecule is C=C(CCCOn1c(-c2ccc(Cl)cc2)csc1=S)c1ccccc1.C=C(CCCOn1c(-c2ccc(Cl)cc2)csc1=S)c1ccccc1.C=C(CCCOn1c(-c2ccc(Cl)cc2)csc1=S)c1ccccc1. The van der Waals surface area contributed by atoms with Crippen LogP contribution >= 0.6 is 105 Å². The predicted molar refractivity (Wildman–Crippen MR) is 329 cm³/mol. The molecule has 0 aliphatic heterocycles. The second-order valence-corrected chi connectivity index (χ2v) is 22.6. The van der Waals surface area contributed by atoms with Crippen molar-refractivity contribution in [3.63, 3.8) is 0 Å². The number of halogens is 3. The van der Waals surface area contributed by atoms with Crippen molar-refractivity contribution in [2.45, 2.75) is 38.5 Å². The summed E-state index contributed by atoms with van der Waals surface area (Å²) in [6.45, 7) is 14.2. The van der Waals surface area contributed by atoms with Crippen LogP contribution in [0.15, 0.2) is 200 Å². The molecule has 3 aromatic heterocycles. The van der Waals surface area contributed by atoms with Crippen molar-refractivity contribution in [1.29, 1.82) is 0 Å². The Balaban J connectivity index is 0.000000164. The van der Waals surface area contributed by atoms with Gasteiger partial charge in [-0.3, -0.25) is 0 Å².